The van der Waals surface area contributed by atoms with E-state index in [4.69, 9.17) is 9.84 Å². The second-order valence-electron chi connectivity index (χ2n) is 4.73. The Balaban J connectivity index is 2.12. The third-order valence-corrected chi connectivity index (χ3v) is 3.57. The minimum atomic E-state index is -0.905. The molecule has 0 aliphatic carbocycles. The van der Waals surface area contributed by atoms with Gasteiger partial charge >= 0.3 is 5.97 Å². The van der Waals surface area contributed by atoms with Gasteiger partial charge in [0, 0.05) is 13.0 Å². The maximum atomic E-state index is 11.9. The first-order valence-corrected chi connectivity index (χ1v) is 6.19. The third kappa shape index (κ3) is 2.70. The molecule has 1 aromatic carbocycles. The summed E-state index contributed by atoms with van der Waals surface area (Å²) in [6, 6.07) is 7.33. The van der Waals surface area contributed by atoms with Crippen molar-refractivity contribution in [2.45, 2.75) is 19.4 Å². The van der Waals surface area contributed by atoms with Crippen LogP contribution in [0.2, 0.25) is 0 Å². The minimum absolute atomic E-state index is 0.0931. The van der Waals surface area contributed by atoms with E-state index in [2.05, 4.69) is 0 Å². The van der Waals surface area contributed by atoms with Crippen LogP contribution in [0, 0.1) is 5.92 Å². The third-order valence-electron chi connectivity index (χ3n) is 3.57. The largest absolute Gasteiger partial charge is 0.497 e. The van der Waals surface area contributed by atoms with Crippen LogP contribution in [-0.4, -0.2) is 35.5 Å². The molecule has 0 bridgehead atoms. The van der Waals surface area contributed by atoms with Gasteiger partial charge in [-0.1, -0.05) is 12.1 Å². The highest BCUT2D eigenvalue weighted by atomic mass is 16.5. The number of rotatable bonds is 4. The Morgan fingerprint density at radius 1 is 1.42 bits per heavy atom. The van der Waals surface area contributed by atoms with E-state index in [0.717, 1.165) is 11.3 Å². The molecule has 1 N–H and O–H groups in total. The molecule has 1 aliphatic heterocycles. The first-order chi connectivity index (χ1) is 9.02. The van der Waals surface area contributed by atoms with Gasteiger partial charge in [-0.05, 0) is 24.6 Å². The van der Waals surface area contributed by atoms with Gasteiger partial charge in [-0.2, -0.15) is 0 Å². The van der Waals surface area contributed by atoms with Crippen molar-refractivity contribution in [3.05, 3.63) is 29.8 Å². The molecule has 102 valence electrons. The molecule has 5 heteroatoms. The lowest BCUT2D eigenvalue weighted by atomic mass is 10.1. The maximum Gasteiger partial charge on any atom is 0.308 e. The summed E-state index contributed by atoms with van der Waals surface area (Å²) in [5, 5.41) is 8.97. The van der Waals surface area contributed by atoms with Gasteiger partial charge in [0.05, 0.1) is 19.1 Å². The van der Waals surface area contributed by atoms with Gasteiger partial charge in [0.15, 0.2) is 0 Å². The van der Waals surface area contributed by atoms with E-state index >= 15 is 0 Å². The van der Waals surface area contributed by atoms with Crippen LogP contribution in [-0.2, 0) is 9.59 Å². The number of nitrogens with zero attached hydrogens (tertiary/aromatic N) is 1. The van der Waals surface area contributed by atoms with Crippen molar-refractivity contribution in [2.75, 3.05) is 13.7 Å². The van der Waals surface area contributed by atoms with E-state index in [-0.39, 0.29) is 24.9 Å². The highest BCUT2D eigenvalue weighted by Crippen LogP contribution is 2.29. The molecular weight excluding hydrogens is 246 g/mol. The van der Waals surface area contributed by atoms with E-state index in [0.29, 0.717) is 0 Å². The van der Waals surface area contributed by atoms with E-state index < -0.39 is 11.9 Å². The van der Waals surface area contributed by atoms with Crippen LogP contribution in [0.5, 0.6) is 5.75 Å². The molecule has 0 unspecified atom stereocenters. The number of likely N-dealkylation sites (tertiary alicyclic amines) is 1. The molecule has 19 heavy (non-hydrogen) atoms. The average molecular weight is 263 g/mol. The van der Waals surface area contributed by atoms with Gasteiger partial charge < -0.3 is 14.7 Å². The summed E-state index contributed by atoms with van der Waals surface area (Å²) in [5.74, 6) is -0.839. The molecule has 0 radical (unpaired) electrons. The highest BCUT2D eigenvalue weighted by Gasteiger charge is 2.36. The van der Waals surface area contributed by atoms with Crippen LogP contribution in [0.4, 0.5) is 0 Å². The second-order valence-corrected chi connectivity index (χ2v) is 4.73. The molecule has 0 aromatic heterocycles. The van der Waals surface area contributed by atoms with Crippen molar-refractivity contribution >= 4 is 11.9 Å². The molecule has 1 heterocycles. The smallest absolute Gasteiger partial charge is 0.308 e. The second kappa shape index (κ2) is 5.30. The number of aliphatic carboxylic acids is 1. The van der Waals surface area contributed by atoms with Crippen molar-refractivity contribution in [2.24, 2.45) is 5.92 Å². The quantitative estimate of drug-likeness (QED) is 0.897. The number of carbonyl (C=O) groups excluding carboxylic acids is 1. The summed E-state index contributed by atoms with van der Waals surface area (Å²) < 4.78 is 5.09. The van der Waals surface area contributed by atoms with Crippen LogP contribution in [0.25, 0.3) is 0 Å². The molecule has 2 rings (SSSR count). The lowest BCUT2D eigenvalue weighted by molar-refractivity contribution is -0.141. The predicted octanol–water partition coefficient (Wildman–Crippen LogP) is 1.69. The molecule has 0 saturated carbocycles. The number of methoxy groups -OCH3 is 1. The summed E-state index contributed by atoms with van der Waals surface area (Å²) in [6.07, 6.45) is 0.0931. The Hall–Kier alpha value is -2.04. The number of hydrogen-bond acceptors (Lipinski definition) is 3. The lowest BCUT2D eigenvalue weighted by Gasteiger charge is -2.25. The summed E-state index contributed by atoms with van der Waals surface area (Å²) in [4.78, 5) is 24.4. The fourth-order valence-corrected chi connectivity index (χ4v) is 2.33. The standard InChI is InChI=1S/C14H17NO4/c1-9(10-3-5-12(19-2)6-4-10)15-8-11(14(17)18)7-13(15)16/h3-6,9,11H,7-8H2,1-2H3,(H,17,18)/t9-,11+/m0/s1. The molecule has 1 aromatic rings. The van der Waals surface area contributed by atoms with Gasteiger partial charge in [-0.25, -0.2) is 0 Å². The molecule has 1 saturated heterocycles. The monoisotopic (exact) mass is 263 g/mol. The topological polar surface area (TPSA) is 66.8 Å². The van der Waals surface area contributed by atoms with E-state index in [9.17, 15) is 9.59 Å². The molecular formula is C14H17NO4. The Kier molecular flexibility index (Phi) is 3.74. The summed E-state index contributed by atoms with van der Waals surface area (Å²) >= 11 is 0. The normalized spacial score (nSPS) is 20.4. The number of ether oxygens (including phenoxy) is 1. The average Bonchev–Trinajstić information content (AvgIpc) is 2.80. The fraction of sp³-hybridized carbons (Fsp3) is 0.429. The minimum Gasteiger partial charge on any atom is -0.497 e. The van der Waals surface area contributed by atoms with Crippen molar-refractivity contribution in [1.29, 1.82) is 0 Å². The van der Waals surface area contributed by atoms with E-state index in [1.54, 1.807) is 12.0 Å². The van der Waals surface area contributed by atoms with Gasteiger partial charge in [0.2, 0.25) is 5.91 Å². The Labute approximate surface area is 111 Å². The van der Waals surface area contributed by atoms with Crippen molar-refractivity contribution in [1.82, 2.24) is 4.90 Å². The van der Waals surface area contributed by atoms with Gasteiger partial charge in [-0.15, -0.1) is 0 Å². The predicted molar refractivity (Wildman–Crippen MR) is 68.9 cm³/mol. The van der Waals surface area contributed by atoms with Gasteiger partial charge in [-0.3, -0.25) is 9.59 Å². The lowest BCUT2D eigenvalue weighted by Crippen LogP contribution is -2.29. The SMILES string of the molecule is COc1ccc([C@H](C)N2C[C@H](C(=O)O)CC2=O)cc1. The first-order valence-electron chi connectivity index (χ1n) is 6.19. The number of hydrogen-bond donors (Lipinski definition) is 1. The Morgan fingerprint density at radius 2 is 2.05 bits per heavy atom. The highest BCUT2D eigenvalue weighted by molar-refractivity contribution is 5.86. The fourth-order valence-electron chi connectivity index (χ4n) is 2.33. The number of carboxylic acid groups (broad SMARTS) is 1. The molecule has 1 amide bonds. The number of carbonyl (C=O) groups is 2. The Morgan fingerprint density at radius 3 is 2.53 bits per heavy atom. The summed E-state index contributed by atoms with van der Waals surface area (Å²) in [7, 11) is 1.60. The van der Waals surface area contributed by atoms with Crippen LogP contribution >= 0.6 is 0 Å². The zero-order valence-electron chi connectivity index (χ0n) is 11.0. The maximum absolute atomic E-state index is 11.9. The Bertz CT molecular complexity index is 483. The van der Waals surface area contributed by atoms with Crippen molar-refractivity contribution < 1.29 is 19.4 Å². The molecule has 5 nitrogen and oxygen atoms in total. The van der Waals surface area contributed by atoms with Crippen molar-refractivity contribution in [3.63, 3.8) is 0 Å². The summed E-state index contributed by atoms with van der Waals surface area (Å²) in [5.41, 5.74) is 0.972. The molecule has 1 aliphatic rings. The van der Waals surface area contributed by atoms with Crippen molar-refractivity contribution in [3.8, 4) is 5.75 Å². The first kappa shape index (κ1) is 13.4. The van der Waals surface area contributed by atoms with Gasteiger partial charge in [0.1, 0.15) is 5.75 Å². The van der Waals surface area contributed by atoms with Crippen LogP contribution < -0.4 is 4.74 Å². The van der Waals surface area contributed by atoms with E-state index in [1.165, 1.54) is 0 Å². The zero-order chi connectivity index (χ0) is 14.0. The van der Waals surface area contributed by atoms with Crippen LogP contribution in [0.3, 0.4) is 0 Å². The zero-order valence-corrected chi connectivity index (χ0v) is 11.0. The molecule has 2 atom stereocenters. The number of amides is 1. The van der Waals surface area contributed by atoms with Gasteiger partial charge in [0.25, 0.3) is 0 Å². The molecule has 1 fully saturated rings. The molecule has 0 spiro atoms. The van der Waals surface area contributed by atoms with Crippen LogP contribution in [0.15, 0.2) is 24.3 Å². The van der Waals surface area contributed by atoms with Crippen LogP contribution in [0.1, 0.15) is 24.9 Å². The summed E-state index contributed by atoms with van der Waals surface area (Å²) in [6.45, 7) is 2.19. The number of benzene rings is 1. The van der Waals surface area contributed by atoms with E-state index in [1.807, 2.05) is 31.2 Å². The number of carboxylic acids is 1.